The van der Waals surface area contributed by atoms with E-state index >= 15 is 0 Å². The molecule has 0 bridgehead atoms. The molecule has 0 aromatic carbocycles. The zero-order chi connectivity index (χ0) is 12.4. The molecule has 0 spiro atoms. The van der Waals surface area contributed by atoms with E-state index in [0.29, 0.717) is 18.4 Å². The van der Waals surface area contributed by atoms with E-state index in [2.05, 4.69) is 37.5 Å². The smallest absolute Gasteiger partial charge is 0.238 e. The lowest BCUT2D eigenvalue weighted by atomic mass is 9.97. The molecule has 2 unspecified atom stereocenters. The van der Waals surface area contributed by atoms with E-state index in [1.54, 1.807) is 11.3 Å². The molecule has 1 fully saturated rings. The van der Waals surface area contributed by atoms with Crippen molar-refractivity contribution in [3.05, 3.63) is 22.4 Å². The first-order valence-corrected chi connectivity index (χ1v) is 7.04. The molecule has 94 valence electrons. The quantitative estimate of drug-likeness (QED) is 0.893. The van der Waals surface area contributed by atoms with Gasteiger partial charge in [0, 0.05) is 11.4 Å². The van der Waals surface area contributed by atoms with Crippen molar-refractivity contribution in [3.8, 4) is 0 Å². The van der Waals surface area contributed by atoms with Gasteiger partial charge in [-0.25, -0.2) is 0 Å². The Balaban J connectivity index is 2.09. The molecule has 2 atom stereocenters. The lowest BCUT2D eigenvalue weighted by Crippen LogP contribution is -2.35. The third-order valence-corrected chi connectivity index (χ3v) is 4.44. The van der Waals surface area contributed by atoms with Crippen molar-refractivity contribution in [2.45, 2.75) is 26.9 Å². The summed E-state index contributed by atoms with van der Waals surface area (Å²) in [6.07, 6.45) is 0.0868. The molecule has 0 aliphatic carbocycles. The summed E-state index contributed by atoms with van der Waals surface area (Å²) in [4.78, 5) is 15.1. The molecule has 1 aromatic rings. The number of amides is 1. The van der Waals surface area contributed by atoms with E-state index in [-0.39, 0.29) is 12.1 Å². The van der Waals surface area contributed by atoms with E-state index in [4.69, 9.17) is 0 Å². The maximum atomic E-state index is 11.9. The van der Waals surface area contributed by atoms with Crippen LogP contribution in [-0.4, -0.2) is 23.9 Å². The summed E-state index contributed by atoms with van der Waals surface area (Å²) in [7, 11) is 0. The molecular formula is C13H20N2OS. The largest absolute Gasteiger partial charge is 0.321 e. The second-order valence-corrected chi connectivity index (χ2v) is 6.05. The van der Waals surface area contributed by atoms with Crippen molar-refractivity contribution in [2.24, 2.45) is 11.8 Å². The van der Waals surface area contributed by atoms with Crippen molar-refractivity contribution in [1.82, 2.24) is 10.2 Å². The van der Waals surface area contributed by atoms with Gasteiger partial charge in [-0.3, -0.25) is 10.1 Å². The Morgan fingerprint density at radius 1 is 1.53 bits per heavy atom. The number of thiophene rings is 1. The average Bonchev–Trinajstić information content (AvgIpc) is 2.89. The predicted octanol–water partition coefficient (Wildman–Crippen LogP) is 2.47. The van der Waals surface area contributed by atoms with Crippen molar-refractivity contribution >= 4 is 17.2 Å². The fourth-order valence-corrected chi connectivity index (χ4v) is 2.78. The second kappa shape index (κ2) is 5.19. The maximum absolute atomic E-state index is 11.9. The summed E-state index contributed by atoms with van der Waals surface area (Å²) in [5.74, 6) is 1.35. The zero-order valence-corrected chi connectivity index (χ0v) is 11.5. The number of hydrogen-bond donors (Lipinski definition) is 1. The number of carbonyl (C=O) groups excluding carboxylic acids is 1. The molecule has 0 radical (unpaired) electrons. The number of rotatable bonds is 4. The minimum atomic E-state index is 0.0868. The standard InChI is InChI=1S/C13H20N2OS/c1-9(2)10(3)8-15-12(16)7-14-13(15)11-5-4-6-17-11/h4-6,9-10,13-14H,7-8H2,1-3H3. The van der Waals surface area contributed by atoms with E-state index in [1.165, 1.54) is 4.88 Å². The molecule has 0 saturated carbocycles. The third kappa shape index (κ3) is 2.69. The van der Waals surface area contributed by atoms with Crippen LogP contribution in [0.15, 0.2) is 17.5 Å². The monoisotopic (exact) mass is 252 g/mol. The van der Waals surface area contributed by atoms with Crippen molar-refractivity contribution in [3.63, 3.8) is 0 Å². The van der Waals surface area contributed by atoms with Gasteiger partial charge in [0.1, 0.15) is 6.17 Å². The molecule has 1 aromatic heterocycles. The summed E-state index contributed by atoms with van der Waals surface area (Å²) >= 11 is 1.71. The number of nitrogens with one attached hydrogen (secondary N) is 1. The summed E-state index contributed by atoms with van der Waals surface area (Å²) in [5, 5.41) is 5.35. The molecule has 2 heterocycles. The maximum Gasteiger partial charge on any atom is 0.238 e. The Morgan fingerprint density at radius 3 is 2.88 bits per heavy atom. The molecule has 1 aliphatic heterocycles. The number of hydrogen-bond acceptors (Lipinski definition) is 3. The number of carbonyl (C=O) groups is 1. The Kier molecular flexibility index (Phi) is 3.84. The van der Waals surface area contributed by atoms with Crippen molar-refractivity contribution in [1.29, 1.82) is 0 Å². The van der Waals surface area contributed by atoms with Gasteiger partial charge in [-0.05, 0) is 23.3 Å². The summed E-state index contributed by atoms with van der Waals surface area (Å²) in [5.41, 5.74) is 0. The molecule has 2 rings (SSSR count). The molecule has 1 N–H and O–H groups in total. The highest BCUT2D eigenvalue weighted by Gasteiger charge is 2.33. The fraction of sp³-hybridized carbons (Fsp3) is 0.615. The Labute approximate surface area is 107 Å². The van der Waals surface area contributed by atoms with Crippen LogP contribution in [0.4, 0.5) is 0 Å². The zero-order valence-electron chi connectivity index (χ0n) is 10.6. The van der Waals surface area contributed by atoms with E-state index < -0.39 is 0 Å². The van der Waals surface area contributed by atoms with Gasteiger partial charge in [0.05, 0.1) is 6.54 Å². The van der Waals surface area contributed by atoms with Crippen molar-refractivity contribution in [2.75, 3.05) is 13.1 Å². The summed E-state index contributed by atoms with van der Waals surface area (Å²) < 4.78 is 0. The first-order valence-electron chi connectivity index (χ1n) is 6.16. The average molecular weight is 252 g/mol. The van der Waals surface area contributed by atoms with Gasteiger partial charge < -0.3 is 4.90 Å². The van der Waals surface area contributed by atoms with Crippen LogP contribution in [0.1, 0.15) is 31.8 Å². The predicted molar refractivity (Wildman–Crippen MR) is 70.8 cm³/mol. The Bertz CT molecular complexity index is 375. The SMILES string of the molecule is CC(C)C(C)CN1C(=O)CNC1c1cccs1. The van der Waals surface area contributed by atoms with Crippen LogP contribution in [0.2, 0.25) is 0 Å². The van der Waals surface area contributed by atoms with Crippen LogP contribution < -0.4 is 5.32 Å². The molecular weight excluding hydrogens is 232 g/mol. The molecule has 4 heteroatoms. The lowest BCUT2D eigenvalue weighted by Gasteiger charge is -2.28. The fourth-order valence-electron chi connectivity index (χ4n) is 1.97. The topological polar surface area (TPSA) is 32.3 Å². The molecule has 1 amide bonds. The highest BCUT2D eigenvalue weighted by molar-refractivity contribution is 7.10. The highest BCUT2D eigenvalue weighted by Crippen LogP contribution is 2.27. The lowest BCUT2D eigenvalue weighted by molar-refractivity contribution is -0.128. The van der Waals surface area contributed by atoms with E-state index in [9.17, 15) is 4.79 Å². The summed E-state index contributed by atoms with van der Waals surface area (Å²) in [6, 6.07) is 4.13. The van der Waals surface area contributed by atoms with Crippen LogP contribution in [-0.2, 0) is 4.79 Å². The summed E-state index contributed by atoms with van der Waals surface area (Å²) in [6.45, 7) is 7.93. The van der Waals surface area contributed by atoms with Gasteiger partial charge >= 0.3 is 0 Å². The first-order chi connectivity index (χ1) is 8.09. The molecule has 1 saturated heterocycles. The van der Waals surface area contributed by atoms with Crippen LogP contribution in [0.3, 0.4) is 0 Å². The van der Waals surface area contributed by atoms with Crippen LogP contribution in [0, 0.1) is 11.8 Å². The van der Waals surface area contributed by atoms with Crippen molar-refractivity contribution < 1.29 is 4.79 Å². The third-order valence-electron chi connectivity index (χ3n) is 3.51. The van der Waals surface area contributed by atoms with Gasteiger partial charge in [0.25, 0.3) is 0 Å². The van der Waals surface area contributed by atoms with Gasteiger partial charge in [-0.15, -0.1) is 11.3 Å². The molecule has 17 heavy (non-hydrogen) atoms. The van der Waals surface area contributed by atoms with E-state index in [1.807, 2.05) is 11.0 Å². The Morgan fingerprint density at radius 2 is 2.29 bits per heavy atom. The minimum Gasteiger partial charge on any atom is -0.321 e. The normalized spacial score (nSPS) is 22.5. The Hall–Kier alpha value is -0.870. The minimum absolute atomic E-state index is 0.0868. The molecule has 3 nitrogen and oxygen atoms in total. The van der Waals surface area contributed by atoms with Gasteiger partial charge in [0.2, 0.25) is 5.91 Å². The van der Waals surface area contributed by atoms with Gasteiger partial charge in [-0.2, -0.15) is 0 Å². The van der Waals surface area contributed by atoms with Gasteiger partial charge in [-0.1, -0.05) is 26.8 Å². The van der Waals surface area contributed by atoms with Gasteiger partial charge in [0.15, 0.2) is 0 Å². The second-order valence-electron chi connectivity index (χ2n) is 5.07. The van der Waals surface area contributed by atoms with Crippen LogP contribution >= 0.6 is 11.3 Å². The molecule has 1 aliphatic rings. The first kappa shape index (κ1) is 12.6. The highest BCUT2D eigenvalue weighted by atomic mass is 32.1. The van der Waals surface area contributed by atoms with Crippen LogP contribution in [0.25, 0.3) is 0 Å². The van der Waals surface area contributed by atoms with Crippen LogP contribution in [0.5, 0.6) is 0 Å². The number of nitrogens with zero attached hydrogens (tertiary/aromatic N) is 1. The van der Waals surface area contributed by atoms with E-state index in [0.717, 1.165) is 6.54 Å².